The van der Waals surface area contributed by atoms with Crippen LogP contribution in [-0.4, -0.2) is 22.3 Å². The van der Waals surface area contributed by atoms with Gasteiger partial charge in [-0.1, -0.05) is 29.8 Å². The number of halogens is 1. The van der Waals surface area contributed by atoms with Gasteiger partial charge in [-0.05, 0) is 5.92 Å². The highest BCUT2D eigenvalue weighted by Gasteiger charge is 2.12. The van der Waals surface area contributed by atoms with Crippen molar-refractivity contribution in [3.8, 4) is 0 Å². The molecule has 1 N–H and O–H groups in total. The molecule has 5 heteroatoms. The van der Waals surface area contributed by atoms with Gasteiger partial charge in [0.15, 0.2) is 0 Å². The Balaban J connectivity index is 2.36. The molecule has 1 amide bonds. The van der Waals surface area contributed by atoms with E-state index in [1.165, 1.54) is 11.3 Å². The van der Waals surface area contributed by atoms with Gasteiger partial charge in [0, 0.05) is 11.4 Å². The van der Waals surface area contributed by atoms with Crippen LogP contribution >= 0.6 is 27.3 Å². The second-order valence-corrected chi connectivity index (χ2v) is 5.40. The van der Waals surface area contributed by atoms with Crippen LogP contribution in [0.25, 0.3) is 0 Å². The van der Waals surface area contributed by atoms with Crippen LogP contribution in [0.1, 0.15) is 23.5 Å². The van der Waals surface area contributed by atoms with E-state index in [1.807, 2.05) is 0 Å². The molecule has 78 valence electrons. The molecule has 0 saturated carbocycles. The highest BCUT2D eigenvalue weighted by Crippen LogP contribution is 2.11. The van der Waals surface area contributed by atoms with E-state index in [0.717, 1.165) is 0 Å². The molecule has 1 atom stereocenters. The van der Waals surface area contributed by atoms with Gasteiger partial charge in [0.25, 0.3) is 5.91 Å². The summed E-state index contributed by atoms with van der Waals surface area (Å²) in [7, 11) is 0. The molecule has 0 radical (unpaired) electrons. The molecule has 1 aromatic rings. The van der Waals surface area contributed by atoms with Gasteiger partial charge in [-0.2, -0.15) is 0 Å². The number of alkyl halides is 1. The lowest BCUT2D eigenvalue weighted by Crippen LogP contribution is -2.31. The van der Waals surface area contributed by atoms with E-state index in [0.29, 0.717) is 22.2 Å². The number of thiazole rings is 1. The zero-order valence-electron chi connectivity index (χ0n) is 8.16. The summed E-state index contributed by atoms with van der Waals surface area (Å²) in [5.74, 6) is 0.467. The second-order valence-electron chi connectivity index (χ2n) is 3.34. The predicted molar refractivity (Wildman–Crippen MR) is 62.0 cm³/mol. The SMILES string of the molecule is CC(C)C(Br)CNC(=O)c1cncs1. The van der Waals surface area contributed by atoms with Crippen molar-refractivity contribution < 1.29 is 4.79 Å². The second kappa shape index (κ2) is 5.46. The Kier molecular flexibility index (Phi) is 4.54. The minimum atomic E-state index is -0.0439. The lowest BCUT2D eigenvalue weighted by Gasteiger charge is -2.13. The predicted octanol–water partition coefficient (Wildman–Crippen LogP) is 2.29. The van der Waals surface area contributed by atoms with E-state index in [2.05, 4.69) is 40.1 Å². The molecule has 0 aliphatic carbocycles. The maximum absolute atomic E-state index is 11.5. The highest BCUT2D eigenvalue weighted by molar-refractivity contribution is 9.09. The van der Waals surface area contributed by atoms with Crippen molar-refractivity contribution in [3.05, 3.63) is 16.6 Å². The van der Waals surface area contributed by atoms with Crippen molar-refractivity contribution in [2.45, 2.75) is 18.7 Å². The minimum absolute atomic E-state index is 0.0439. The Morgan fingerprint density at radius 2 is 2.43 bits per heavy atom. The number of aromatic nitrogens is 1. The van der Waals surface area contributed by atoms with E-state index < -0.39 is 0 Å². The number of nitrogens with one attached hydrogen (secondary N) is 1. The van der Waals surface area contributed by atoms with Crippen molar-refractivity contribution in [1.82, 2.24) is 10.3 Å². The third kappa shape index (κ3) is 3.38. The lowest BCUT2D eigenvalue weighted by molar-refractivity contribution is 0.0956. The first kappa shape index (κ1) is 11.7. The zero-order chi connectivity index (χ0) is 10.6. The Hall–Kier alpha value is -0.420. The molecule has 0 fully saturated rings. The summed E-state index contributed by atoms with van der Waals surface area (Å²) in [4.78, 5) is 16.3. The first-order valence-corrected chi connectivity index (χ1v) is 6.21. The third-order valence-electron chi connectivity index (χ3n) is 1.84. The van der Waals surface area contributed by atoms with Gasteiger partial charge >= 0.3 is 0 Å². The molecule has 1 unspecified atom stereocenters. The van der Waals surface area contributed by atoms with Crippen LogP contribution in [0.2, 0.25) is 0 Å². The van der Waals surface area contributed by atoms with Crippen molar-refractivity contribution >= 4 is 33.2 Å². The Morgan fingerprint density at radius 3 is 2.93 bits per heavy atom. The van der Waals surface area contributed by atoms with E-state index in [-0.39, 0.29) is 5.91 Å². The highest BCUT2D eigenvalue weighted by atomic mass is 79.9. The number of hydrogen-bond donors (Lipinski definition) is 1. The maximum Gasteiger partial charge on any atom is 0.263 e. The number of amides is 1. The molecule has 1 heterocycles. The molecular formula is C9H13BrN2OS. The third-order valence-corrected chi connectivity index (χ3v) is 3.99. The molecule has 3 nitrogen and oxygen atoms in total. The zero-order valence-corrected chi connectivity index (χ0v) is 10.6. The molecule has 0 spiro atoms. The van der Waals surface area contributed by atoms with Gasteiger partial charge in [-0.15, -0.1) is 11.3 Å². The van der Waals surface area contributed by atoms with E-state index >= 15 is 0 Å². The van der Waals surface area contributed by atoms with Gasteiger partial charge in [0.2, 0.25) is 0 Å². The summed E-state index contributed by atoms with van der Waals surface area (Å²) in [6.07, 6.45) is 1.58. The average Bonchev–Trinajstić information content (AvgIpc) is 2.66. The summed E-state index contributed by atoms with van der Waals surface area (Å²) < 4.78 is 0. The summed E-state index contributed by atoms with van der Waals surface area (Å²) in [5.41, 5.74) is 1.66. The molecule has 0 bridgehead atoms. The normalized spacial score (nSPS) is 12.9. The first-order valence-electron chi connectivity index (χ1n) is 4.42. The van der Waals surface area contributed by atoms with Crippen molar-refractivity contribution in [2.75, 3.05) is 6.54 Å². The summed E-state index contributed by atoms with van der Waals surface area (Å²) in [6.45, 7) is 4.87. The van der Waals surface area contributed by atoms with Gasteiger partial charge in [-0.25, -0.2) is 0 Å². The lowest BCUT2D eigenvalue weighted by atomic mass is 10.1. The minimum Gasteiger partial charge on any atom is -0.350 e. The van der Waals surface area contributed by atoms with Crippen LogP contribution in [0.4, 0.5) is 0 Å². The number of rotatable bonds is 4. The molecule has 1 rings (SSSR count). The van der Waals surface area contributed by atoms with Gasteiger partial charge in [0.1, 0.15) is 4.88 Å². The van der Waals surface area contributed by atoms with Gasteiger partial charge in [0.05, 0.1) is 11.7 Å². The van der Waals surface area contributed by atoms with Crippen molar-refractivity contribution in [1.29, 1.82) is 0 Å². The molecular weight excluding hydrogens is 264 g/mol. The Morgan fingerprint density at radius 1 is 1.71 bits per heavy atom. The quantitative estimate of drug-likeness (QED) is 0.858. The number of carbonyl (C=O) groups excluding carboxylic acids is 1. The summed E-state index contributed by atoms with van der Waals surface area (Å²) in [6, 6.07) is 0. The molecule has 1 aromatic heterocycles. The van der Waals surface area contributed by atoms with E-state index in [4.69, 9.17) is 0 Å². The van der Waals surface area contributed by atoms with Crippen LogP contribution in [0.3, 0.4) is 0 Å². The topological polar surface area (TPSA) is 42.0 Å². The van der Waals surface area contributed by atoms with Crippen LogP contribution in [-0.2, 0) is 0 Å². The van der Waals surface area contributed by atoms with E-state index in [1.54, 1.807) is 11.7 Å². The Labute approximate surface area is 96.1 Å². The maximum atomic E-state index is 11.5. The number of nitrogens with zero attached hydrogens (tertiary/aromatic N) is 1. The van der Waals surface area contributed by atoms with Crippen LogP contribution in [0.5, 0.6) is 0 Å². The molecule has 0 aliphatic heterocycles. The standard InChI is InChI=1S/C9H13BrN2OS/c1-6(2)7(10)3-12-9(13)8-4-11-5-14-8/h4-7H,3H2,1-2H3,(H,12,13). The van der Waals surface area contributed by atoms with Crippen molar-refractivity contribution in [2.24, 2.45) is 5.92 Å². The van der Waals surface area contributed by atoms with Crippen molar-refractivity contribution in [3.63, 3.8) is 0 Å². The van der Waals surface area contributed by atoms with Gasteiger partial charge in [-0.3, -0.25) is 9.78 Å². The molecule has 0 saturated heterocycles. The Bertz CT molecular complexity index is 287. The largest absolute Gasteiger partial charge is 0.350 e. The monoisotopic (exact) mass is 276 g/mol. The van der Waals surface area contributed by atoms with E-state index in [9.17, 15) is 4.79 Å². The fraction of sp³-hybridized carbons (Fsp3) is 0.556. The smallest absolute Gasteiger partial charge is 0.263 e. The van der Waals surface area contributed by atoms with Gasteiger partial charge < -0.3 is 5.32 Å². The summed E-state index contributed by atoms with van der Waals surface area (Å²) in [5, 5.41) is 2.85. The van der Waals surface area contributed by atoms with Crippen LogP contribution in [0, 0.1) is 5.92 Å². The molecule has 0 aromatic carbocycles. The molecule has 14 heavy (non-hydrogen) atoms. The van der Waals surface area contributed by atoms with Crippen LogP contribution < -0.4 is 5.32 Å². The van der Waals surface area contributed by atoms with Crippen LogP contribution in [0.15, 0.2) is 11.7 Å². The molecule has 0 aliphatic rings. The fourth-order valence-corrected chi connectivity index (χ4v) is 1.54. The first-order chi connectivity index (χ1) is 6.61. The fourth-order valence-electron chi connectivity index (χ4n) is 0.841. The number of hydrogen-bond acceptors (Lipinski definition) is 3. The average molecular weight is 277 g/mol. The summed E-state index contributed by atoms with van der Waals surface area (Å²) >= 11 is 4.86. The number of carbonyl (C=O) groups is 1.